The van der Waals surface area contributed by atoms with Gasteiger partial charge in [-0.25, -0.2) is 14.2 Å². The maximum Gasteiger partial charge on any atom is 0.419 e. The van der Waals surface area contributed by atoms with E-state index in [0.717, 1.165) is 11.3 Å². The Morgan fingerprint density at radius 2 is 1.61 bits per heavy atom. The van der Waals surface area contributed by atoms with Crippen LogP contribution in [0.3, 0.4) is 0 Å². The fourth-order valence-electron chi connectivity index (χ4n) is 2.21. The number of methoxy groups -OCH3 is 1. The normalized spacial score (nSPS) is 11.2. The van der Waals surface area contributed by atoms with E-state index in [0.29, 0.717) is 11.3 Å². The van der Waals surface area contributed by atoms with Gasteiger partial charge in [0.15, 0.2) is 0 Å². The zero-order chi connectivity index (χ0) is 17.2. The molecular weight excluding hydrogens is 294 g/mol. The van der Waals surface area contributed by atoms with Crippen molar-refractivity contribution in [2.75, 3.05) is 7.11 Å². The van der Waals surface area contributed by atoms with Crippen LogP contribution in [-0.2, 0) is 9.47 Å². The topological polar surface area (TPSA) is 57.5 Å². The Balaban J connectivity index is 2.38. The predicted molar refractivity (Wildman–Crippen MR) is 87.6 cm³/mol. The van der Waals surface area contributed by atoms with Crippen molar-refractivity contribution in [1.82, 2.24) is 4.57 Å². The molecule has 1 aromatic heterocycles. The van der Waals surface area contributed by atoms with Gasteiger partial charge in [-0.1, -0.05) is 12.1 Å². The molecule has 0 spiro atoms. The van der Waals surface area contributed by atoms with Crippen LogP contribution in [0.25, 0.3) is 11.3 Å². The number of nitrogens with zero attached hydrogens (tertiary/aromatic N) is 1. The van der Waals surface area contributed by atoms with E-state index in [9.17, 15) is 9.59 Å². The van der Waals surface area contributed by atoms with E-state index < -0.39 is 17.7 Å². The van der Waals surface area contributed by atoms with Gasteiger partial charge in [-0.3, -0.25) is 0 Å². The lowest BCUT2D eigenvalue weighted by Crippen LogP contribution is -2.28. The SMILES string of the molecule is COC(=O)c1ccc(-c2ccc(C)n2C(=O)OC(C)(C)C)cc1. The molecule has 1 aromatic carbocycles. The van der Waals surface area contributed by atoms with Crippen molar-refractivity contribution in [2.24, 2.45) is 0 Å². The van der Waals surface area contributed by atoms with Crippen LogP contribution in [0.15, 0.2) is 36.4 Å². The van der Waals surface area contributed by atoms with Crippen LogP contribution in [0.1, 0.15) is 36.8 Å². The number of esters is 1. The zero-order valence-corrected chi connectivity index (χ0v) is 14.0. The first kappa shape index (κ1) is 16.8. The number of hydrogen-bond donors (Lipinski definition) is 0. The zero-order valence-electron chi connectivity index (χ0n) is 14.0. The van der Waals surface area contributed by atoms with E-state index >= 15 is 0 Å². The smallest absolute Gasteiger partial charge is 0.419 e. The molecule has 5 nitrogen and oxygen atoms in total. The van der Waals surface area contributed by atoms with Gasteiger partial charge in [-0.2, -0.15) is 0 Å². The number of rotatable bonds is 2. The van der Waals surface area contributed by atoms with Crippen LogP contribution in [0.5, 0.6) is 0 Å². The standard InChI is InChI=1S/C18H21NO4/c1-12-6-11-15(19(12)17(21)23-18(2,3)4)13-7-9-14(10-8-13)16(20)22-5/h6-11H,1-5H3. The average Bonchev–Trinajstić information content (AvgIpc) is 2.86. The van der Waals surface area contributed by atoms with E-state index in [2.05, 4.69) is 4.74 Å². The predicted octanol–water partition coefficient (Wildman–Crippen LogP) is 4.03. The van der Waals surface area contributed by atoms with E-state index in [1.165, 1.54) is 11.7 Å². The van der Waals surface area contributed by atoms with Crippen molar-refractivity contribution >= 4 is 12.1 Å². The molecule has 0 N–H and O–H groups in total. The third-order valence-electron chi connectivity index (χ3n) is 3.25. The average molecular weight is 315 g/mol. The summed E-state index contributed by atoms with van der Waals surface area (Å²) < 4.78 is 11.7. The van der Waals surface area contributed by atoms with Gasteiger partial charge in [0, 0.05) is 5.69 Å². The Hall–Kier alpha value is -2.56. The molecule has 2 rings (SSSR count). The summed E-state index contributed by atoms with van der Waals surface area (Å²) >= 11 is 0. The van der Waals surface area contributed by atoms with Crippen molar-refractivity contribution in [1.29, 1.82) is 0 Å². The van der Waals surface area contributed by atoms with Crippen LogP contribution in [0, 0.1) is 6.92 Å². The van der Waals surface area contributed by atoms with Crippen molar-refractivity contribution in [2.45, 2.75) is 33.3 Å². The number of benzene rings is 1. The molecule has 0 aliphatic carbocycles. The first-order valence-electron chi connectivity index (χ1n) is 7.33. The highest BCUT2D eigenvalue weighted by Crippen LogP contribution is 2.24. The third-order valence-corrected chi connectivity index (χ3v) is 3.25. The number of carbonyl (C=O) groups excluding carboxylic acids is 2. The first-order valence-corrected chi connectivity index (χ1v) is 7.33. The summed E-state index contributed by atoms with van der Waals surface area (Å²) in [6.45, 7) is 7.33. The molecule has 0 saturated heterocycles. The maximum absolute atomic E-state index is 12.4. The van der Waals surface area contributed by atoms with Gasteiger partial charge in [0.05, 0.1) is 18.4 Å². The summed E-state index contributed by atoms with van der Waals surface area (Å²) in [6, 6.07) is 10.6. The van der Waals surface area contributed by atoms with E-state index in [1.807, 2.05) is 39.8 Å². The molecule has 2 aromatic rings. The minimum absolute atomic E-state index is 0.393. The van der Waals surface area contributed by atoms with Gasteiger partial charge < -0.3 is 9.47 Å². The van der Waals surface area contributed by atoms with Crippen molar-refractivity contribution in [3.63, 3.8) is 0 Å². The van der Waals surface area contributed by atoms with Crippen LogP contribution < -0.4 is 0 Å². The minimum atomic E-state index is -0.570. The summed E-state index contributed by atoms with van der Waals surface area (Å²) in [7, 11) is 1.34. The largest absolute Gasteiger partial charge is 0.465 e. The number of carbonyl (C=O) groups is 2. The van der Waals surface area contributed by atoms with Crippen LogP contribution in [-0.4, -0.2) is 29.3 Å². The molecule has 5 heteroatoms. The van der Waals surface area contributed by atoms with Gasteiger partial charge in [0.25, 0.3) is 0 Å². The highest BCUT2D eigenvalue weighted by atomic mass is 16.6. The van der Waals surface area contributed by atoms with Gasteiger partial charge in [-0.15, -0.1) is 0 Å². The lowest BCUT2D eigenvalue weighted by molar-refractivity contribution is 0.0535. The summed E-state index contributed by atoms with van der Waals surface area (Å²) in [5.41, 5.74) is 2.21. The number of hydrogen-bond acceptors (Lipinski definition) is 4. The second-order valence-electron chi connectivity index (χ2n) is 6.24. The van der Waals surface area contributed by atoms with Crippen LogP contribution in [0.4, 0.5) is 4.79 Å². The van der Waals surface area contributed by atoms with E-state index in [-0.39, 0.29) is 0 Å². The molecule has 0 unspecified atom stereocenters. The van der Waals surface area contributed by atoms with Crippen molar-refractivity contribution in [3.05, 3.63) is 47.7 Å². The van der Waals surface area contributed by atoms with Crippen molar-refractivity contribution < 1.29 is 19.1 Å². The monoisotopic (exact) mass is 315 g/mol. The van der Waals surface area contributed by atoms with Gasteiger partial charge >= 0.3 is 12.1 Å². The lowest BCUT2D eigenvalue weighted by Gasteiger charge is -2.21. The molecular formula is C18H21NO4. The fraction of sp³-hybridized carbons (Fsp3) is 0.333. The lowest BCUT2D eigenvalue weighted by atomic mass is 10.1. The first-order chi connectivity index (χ1) is 10.7. The summed E-state index contributed by atoms with van der Waals surface area (Å²) in [6.07, 6.45) is -0.424. The Morgan fingerprint density at radius 1 is 1.00 bits per heavy atom. The Morgan fingerprint density at radius 3 is 2.13 bits per heavy atom. The molecule has 0 saturated carbocycles. The van der Waals surface area contributed by atoms with Crippen LogP contribution in [0.2, 0.25) is 0 Å². The van der Waals surface area contributed by atoms with E-state index in [4.69, 9.17) is 4.74 Å². The molecule has 122 valence electrons. The molecule has 0 fully saturated rings. The fourth-order valence-corrected chi connectivity index (χ4v) is 2.21. The van der Waals surface area contributed by atoms with E-state index in [1.54, 1.807) is 24.3 Å². The number of aryl methyl sites for hydroxylation is 1. The molecule has 23 heavy (non-hydrogen) atoms. The molecule has 0 radical (unpaired) electrons. The highest BCUT2D eigenvalue weighted by molar-refractivity contribution is 5.90. The third kappa shape index (κ3) is 3.80. The molecule has 0 atom stereocenters. The molecule has 0 aliphatic heterocycles. The molecule has 0 aliphatic rings. The summed E-state index contributed by atoms with van der Waals surface area (Å²) in [4.78, 5) is 23.9. The second-order valence-corrected chi connectivity index (χ2v) is 6.24. The van der Waals surface area contributed by atoms with Gasteiger partial charge in [0.2, 0.25) is 0 Å². The van der Waals surface area contributed by atoms with Crippen molar-refractivity contribution in [3.8, 4) is 11.3 Å². The molecule has 0 bridgehead atoms. The minimum Gasteiger partial charge on any atom is -0.465 e. The Bertz CT molecular complexity index is 720. The van der Waals surface area contributed by atoms with Gasteiger partial charge in [-0.05, 0) is 57.5 Å². The van der Waals surface area contributed by atoms with Crippen LogP contribution >= 0.6 is 0 Å². The quantitative estimate of drug-likeness (QED) is 0.785. The van der Waals surface area contributed by atoms with Gasteiger partial charge in [0.1, 0.15) is 5.60 Å². The highest BCUT2D eigenvalue weighted by Gasteiger charge is 2.21. The summed E-state index contributed by atoms with van der Waals surface area (Å²) in [5.74, 6) is -0.393. The molecule has 0 amide bonds. The second kappa shape index (κ2) is 6.28. The maximum atomic E-state index is 12.4. The Kier molecular flexibility index (Phi) is 4.59. The number of aromatic nitrogens is 1. The molecule has 1 heterocycles. The Labute approximate surface area is 135 Å². The number of ether oxygens (including phenoxy) is 2. The summed E-state index contributed by atoms with van der Waals surface area (Å²) in [5, 5.41) is 0.